The molecule has 0 saturated heterocycles. The third-order valence-electron chi connectivity index (χ3n) is 2.35. The second kappa shape index (κ2) is 6.94. The Morgan fingerprint density at radius 3 is 3.00 bits per heavy atom. The standard InChI is InChI=1S/C13H14N2O3S/c1-10-5-2-3-6-11(10)17-9-12-14-15-13(18-12)19-8-4-7-16/h2-3,5-7H,4,8-9H2,1H3. The summed E-state index contributed by atoms with van der Waals surface area (Å²) in [5.74, 6) is 1.87. The van der Waals surface area contributed by atoms with E-state index in [-0.39, 0.29) is 6.61 Å². The average molecular weight is 278 g/mol. The first-order valence-corrected chi connectivity index (χ1v) is 6.85. The molecular weight excluding hydrogens is 264 g/mol. The maximum Gasteiger partial charge on any atom is 0.276 e. The van der Waals surface area contributed by atoms with Gasteiger partial charge in [-0.1, -0.05) is 30.0 Å². The Hall–Kier alpha value is -1.82. The molecule has 1 aromatic heterocycles. The maximum atomic E-state index is 10.2. The van der Waals surface area contributed by atoms with Crippen LogP contribution >= 0.6 is 11.8 Å². The Morgan fingerprint density at radius 1 is 1.37 bits per heavy atom. The number of nitrogens with zero attached hydrogens (tertiary/aromatic N) is 2. The van der Waals surface area contributed by atoms with Gasteiger partial charge in [-0.2, -0.15) is 0 Å². The summed E-state index contributed by atoms with van der Waals surface area (Å²) in [4.78, 5) is 10.2. The highest BCUT2D eigenvalue weighted by Crippen LogP contribution is 2.20. The van der Waals surface area contributed by atoms with Crippen molar-refractivity contribution >= 4 is 18.0 Å². The van der Waals surface area contributed by atoms with Gasteiger partial charge >= 0.3 is 0 Å². The van der Waals surface area contributed by atoms with Gasteiger partial charge < -0.3 is 13.9 Å². The lowest BCUT2D eigenvalue weighted by molar-refractivity contribution is -0.107. The molecule has 0 atom stereocenters. The van der Waals surface area contributed by atoms with E-state index in [4.69, 9.17) is 9.15 Å². The van der Waals surface area contributed by atoms with Crippen molar-refractivity contribution in [3.8, 4) is 5.75 Å². The molecule has 0 aliphatic rings. The lowest BCUT2D eigenvalue weighted by Crippen LogP contribution is -1.97. The van der Waals surface area contributed by atoms with Gasteiger partial charge in [0.1, 0.15) is 12.0 Å². The van der Waals surface area contributed by atoms with Crippen LogP contribution in [0.4, 0.5) is 0 Å². The van der Waals surface area contributed by atoms with Crippen LogP contribution < -0.4 is 4.74 Å². The normalized spacial score (nSPS) is 10.4. The first-order chi connectivity index (χ1) is 9.29. The average Bonchev–Trinajstić information content (AvgIpc) is 2.86. The van der Waals surface area contributed by atoms with Crippen molar-refractivity contribution in [1.82, 2.24) is 10.2 Å². The fraction of sp³-hybridized carbons (Fsp3) is 0.308. The molecule has 100 valence electrons. The summed E-state index contributed by atoms with van der Waals surface area (Å²) >= 11 is 1.36. The van der Waals surface area contributed by atoms with Crippen LogP contribution in [0, 0.1) is 6.92 Å². The van der Waals surface area contributed by atoms with Gasteiger partial charge in [0.2, 0.25) is 0 Å². The minimum atomic E-state index is 0.242. The van der Waals surface area contributed by atoms with E-state index in [9.17, 15) is 4.79 Å². The van der Waals surface area contributed by atoms with E-state index in [1.54, 1.807) is 0 Å². The molecule has 2 rings (SSSR count). The molecule has 6 heteroatoms. The van der Waals surface area contributed by atoms with Crippen LogP contribution in [0.25, 0.3) is 0 Å². The zero-order valence-electron chi connectivity index (χ0n) is 10.5. The van der Waals surface area contributed by atoms with Crippen LogP contribution in [0.2, 0.25) is 0 Å². The van der Waals surface area contributed by atoms with Gasteiger partial charge in [0.15, 0.2) is 6.61 Å². The van der Waals surface area contributed by atoms with E-state index in [0.717, 1.165) is 17.6 Å². The van der Waals surface area contributed by atoms with Crippen molar-refractivity contribution in [1.29, 1.82) is 0 Å². The van der Waals surface area contributed by atoms with Crippen LogP contribution in [0.1, 0.15) is 17.9 Å². The number of carbonyl (C=O) groups is 1. The molecule has 0 N–H and O–H groups in total. The number of para-hydroxylation sites is 1. The third-order valence-corrected chi connectivity index (χ3v) is 3.21. The Labute approximate surface area is 115 Å². The SMILES string of the molecule is Cc1ccccc1OCc1nnc(SCCC=O)o1. The Balaban J connectivity index is 1.86. The van der Waals surface area contributed by atoms with E-state index in [2.05, 4.69) is 10.2 Å². The zero-order chi connectivity index (χ0) is 13.5. The first kappa shape index (κ1) is 13.6. The third kappa shape index (κ3) is 4.10. The van der Waals surface area contributed by atoms with Gasteiger partial charge in [-0.25, -0.2) is 0 Å². The number of hydrogen-bond donors (Lipinski definition) is 0. The fourth-order valence-electron chi connectivity index (χ4n) is 1.41. The van der Waals surface area contributed by atoms with Crippen LogP contribution in [0.15, 0.2) is 33.9 Å². The number of aromatic nitrogens is 2. The number of hydrogen-bond acceptors (Lipinski definition) is 6. The number of aryl methyl sites for hydroxylation is 1. The minimum Gasteiger partial charge on any atom is -0.484 e. The molecule has 0 spiro atoms. The minimum absolute atomic E-state index is 0.242. The largest absolute Gasteiger partial charge is 0.484 e. The molecule has 0 bridgehead atoms. The van der Waals surface area contributed by atoms with E-state index < -0.39 is 0 Å². The van der Waals surface area contributed by atoms with Crippen LogP contribution in [-0.4, -0.2) is 22.2 Å². The highest BCUT2D eigenvalue weighted by molar-refractivity contribution is 7.99. The quantitative estimate of drug-likeness (QED) is 0.440. The van der Waals surface area contributed by atoms with Crippen LogP contribution in [-0.2, 0) is 11.4 Å². The second-order valence-corrected chi connectivity index (χ2v) is 4.87. The number of ether oxygens (including phenoxy) is 1. The molecule has 1 heterocycles. The predicted octanol–water partition coefficient (Wildman–Crippen LogP) is 2.64. The number of thioether (sulfide) groups is 1. The number of aldehydes is 1. The second-order valence-electron chi connectivity index (χ2n) is 3.82. The first-order valence-electron chi connectivity index (χ1n) is 5.87. The Morgan fingerprint density at radius 2 is 2.21 bits per heavy atom. The zero-order valence-corrected chi connectivity index (χ0v) is 11.4. The van der Waals surface area contributed by atoms with Gasteiger partial charge in [0.25, 0.3) is 11.1 Å². The topological polar surface area (TPSA) is 65.2 Å². The lowest BCUT2D eigenvalue weighted by atomic mass is 10.2. The van der Waals surface area contributed by atoms with E-state index in [1.807, 2.05) is 31.2 Å². The molecule has 0 unspecified atom stereocenters. The molecule has 0 radical (unpaired) electrons. The summed E-state index contributed by atoms with van der Waals surface area (Å²) in [6.07, 6.45) is 1.34. The highest BCUT2D eigenvalue weighted by atomic mass is 32.2. The Bertz CT molecular complexity index is 542. The molecule has 5 nitrogen and oxygen atoms in total. The molecule has 0 saturated carbocycles. The predicted molar refractivity (Wildman–Crippen MR) is 71.2 cm³/mol. The number of benzene rings is 1. The van der Waals surface area contributed by atoms with Crippen LogP contribution in [0.5, 0.6) is 5.75 Å². The summed E-state index contributed by atoms with van der Waals surface area (Å²) in [6, 6.07) is 7.74. The van der Waals surface area contributed by atoms with E-state index >= 15 is 0 Å². The van der Waals surface area contributed by atoms with Gasteiger partial charge in [-0.3, -0.25) is 0 Å². The summed E-state index contributed by atoms with van der Waals surface area (Å²) < 4.78 is 11.0. The monoisotopic (exact) mass is 278 g/mol. The molecule has 0 amide bonds. The van der Waals surface area contributed by atoms with Crippen molar-refractivity contribution in [3.63, 3.8) is 0 Å². The molecular formula is C13H14N2O3S. The number of rotatable bonds is 7. The molecule has 0 aliphatic heterocycles. The van der Waals surface area contributed by atoms with E-state index in [0.29, 0.717) is 23.3 Å². The van der Waals surface area contributed by atoms with Gasteiger partial charge in [0, 0.05) is 12.2 Å². The van der Waals surface area contributed by atoms with Crippen molar-refractivity contribution in [2.75, 3.05) is 5.75 Å². The molecule has 2 aromatic rings. The molecule has 0 fully saturated rings. The van der Waals surface area contributed by atoms with Crippen LogP contribution in [0.3, 0.4) is 0 Å². The summed E-state index contributed by atoms with van der Waals surface area (Å²) in [6.45, 7) is 2.22. The Kier molecular flexibility index (Phi) is 4.97. The van der Waals surface area contributed by atoms with Crippen molar-refractivity contribution in [2.24, 2.45) is 0 Å². The van der Waals surface area contributed by atoms with Crippen molar-refractivity contribution < 1.29 is 13.9 Å². The molecule has 1 aromatic carbocycles. The van der Waals surface area contributed by atoms with Crippen molar-refractivity contribution in [3.05, 3.63) is 35.7 Å². The summed E-state index contributed by atoms with van der Waals surface area (Å²) in [5.41, 5.74) is 1.06. The smallest absolute Gasteiger partial charge is 0.276 e. The molecule has 19 heavy (non-hydrogen) atoms. The highest BCUT2D eigenvalue weighted by Gasteiger charge is 2.07. The van der Waals surface area contributed by atoms with E-state index in [1.165, 1.54) is 11.8 Å². The lowest BCUT2D eigenvalue weighted by Gasteiger charge is -2.05. The van der Waals surface area contributed by atoms with Crippen molar-refractivity contribution in [2.45, 2.75) is 25.2 Å². The van der Waals surface area contributed by atoms with Gasteiger partial charge in [-0.15, -0.1) is 10.2 Å². The van der Waals surface area contributed by atoms with Gasteiger partial charge in [0.05, 0.1) is 0 Å². The summed E-state index contributed by atoms with van der Waals surface area (Å²) in [7, 11) is 0. The summed E-state index contributed by atoms with van der Waals surface area (Å²) in [5, 5.41) is 8.23. The fourth-order valence-corrected chi connectivity index (χ4v) is 2.05. The maximum absolute atomic E-state index is 10.2. The van der Waals surface area contributed by atoms with Gasteiger partial charge in [-0.05, 0) is 18.6 Å². The number of carbonyl (C=O) groups excluding carboxylic acids is 1. The molecule has 0 aliphatic carbocycles.